The number of pyridine rings is 1. The Bertz CT molecular complexity index is 2000. The number of nitrogens with zero attached hydrogens (tertiary/aromatic N) is 2. The Kier molecular flexibility index (Phi) is 6.89. The summed E-state index contributed by atoms with van der Waals surface area (Å²) in [6, 6.07) is 62.7. The van der Waals surface area contributed by atoms with Crippen molar-refractivity contribution in [2.45, 2.75) is 5.41 Å². The zero-order valence-corrected chi connectivity index (χ0v) is 26.1. The van der Waals surface area contributed by atoms with Crippen LogP contribution in [0.3, 0.4) is 0 Å². The molecule has 45 heavy (non-hydrogen) atoms. The van der Waals surface area contributed by atoms with Gasteiger partial charge in [0.1, 0.15) is 0 Å². The highest BCUT2D eigenvalue weighted by molar-refractivity contribution is 9.10. The number of rotatable bonds is 5. The zero-order chi connectivity index (χ0) is 30.2. The molecule has 0 N–H and O–H groups in total. The van der Waals surface area contributed by atoms with E-state index in [1.54, 1.807) is 0 Å². The van der Waals surface area contributed by atoms with Crippen LogP contribution in [0.1, 0.15) is 22.4 Å². The molecule has 0 atom stereocenters. The van der Waals surface area contributed by atoms with Crippen molar-refractivity contribution < 1.29 is 0 Å². The van der Waals surface area contributed by atoms with Crippen molar-refractivity contribution in [1.82, 2.24) is 4.98 Å². The lowest BCUT2D eigenvalue weighted by Crippen LogP contribution is -2.38. The first-order valence-electron chi connectivity index (χ1n) is 15.2. The van der Waals surface area contributed by atoms with Gasteiger partial charge in [0.15, 0.2) is 0 Å². The molecule has 214 valence electrons. The Hall–Kier alpha value is -5.25. The first kappa shape index (κ1) is 27.3. The molecule has 0 aliphatic carbocycles. The van der Waals surface area contributed by atoms with Gasteiger partial charge < -0.3 is 4.90 Å². The molecule has 0 saturated carbocycles. The average molecular weight is 642 g/mol. The Morgan fingerprint density at radius 2 is 0.978 bits per heavy atom. The van der Waals surface area contributed by atoms with Gasteiger partial charge in [0.05, 0.1) is 28.2 Å². The van der Waals surface area contributed by atoms with Crippen molar-refractivity contribution in [3.05, 3.63) is 203 Å². The maximum atomic E-state index is 5.59. The van der Waals surface area contributed by atoms with Crippen LogP contribution in [0, 0.1) is 0 Å². The second kappa shape index (κ2) is 11.4. The van der Waals surface area contributed by atoms with E-state index in [0.29, 0.717) is 0 Å². The summed E-state index contributed by atoms with van der Waals surface area (Å²) in [7, 11) is 0. The maximum absolute atomic E-state index is 5.59. The average Bonchev–Trinajstić information content (AvgIpc) is 3.12. The third-order valence-corrected chi connectivity index (χ3v) is 9.30. The van der Waals surface area contributed by atoms with Gasteiger partial charge in [-0.05, 0) is 76.3 Å². The minimum Gasteiger partial charge on any atom is -0.310 e. The summed E-state index contributed by atoms with van der Waals surface area (Å²) >= 11 is 3.71. The maximum Gasteiger partial charge on any atom is 0.0914 e. The Labute approximate surface area is 272 Å². The smallest absolute Gasteiger partial charge is 0.0914 e. The molecule has 0 saturated heterocycles. The number of benzene rings is 6. The highest BCUT2D eigenvalue weighted by Gasteiger charge is 2.47. The summed E-state index contributed by atoms with van der Waals surface area (Å²) in [5, 5.41) is 0. The van der Waals surface area contributed by atoms with Crippen molar-refractivity contribution in [2.24, 2.45) is 0 Å². The molecule has 0 radical (unpaired) electrons. The minimum absolute atomic E-state index is 0.701. The van der Waals surface area contributed by atoms with Gasteiger partial charge >= 0.3 is 0 Å². The number of hydrogen-bond acceptors (Lipinski definition) is 2. The first-order chi connectivity index (χ1) is 22.2. The van der Waals surface area contributed by atoms with Gasteiger partial charge in [-0.15, -0.1) is 0 Å². The van der Waals surface area contributed by atoms with Crippen molar-refractivity contribution in [1.29, 1.82) is 0 Å². The van der Waals surface area contributed by atoms with Crippen LogP contribution >= 0.6 is 15.9 Å². The predicted octanol–water partition coefficient (Wildman–Crippen LogP) is 11.3. The molecule has 0 spiro atoms. The first-order valence-corrected chi connectivity index (χ1v) is 16.0. The zero-order valence-electron chi connectivity index (χ0n) is 24.5. The van der Waals surface area contributed by atoms with Crippen LogP contribution in [0.25, 0.3) is 22.4 Å². The second-order valence-electron chi connectivity index (χ2n) is 11.3. The molecule has 1 aliphatic rings. The van der Waals surface area contributed by atoms with E-state index in [1.807, 2.05) is 0 Å². The van der Waals surface area contributed by atoms with Gasteiger partial charge in [-0.25, -0.2) is 0 Å². The summed E-state index contributed by atoms with van der Waals surface area (Å²) in [5.74, 6) is 0. The fourth-order valence-corrected chi connectivity index (χ4v) is 7.08. The number of para-hydroxylation sites is 3. The van der Waals surface area contributed by atoms with Gasteiger partial charge in [0, 0.05) is 15.7 Å². The third-order valence-electron chi connectivity index (χ3n) is 8.78. The fourth-order valence-electron chi connectivity index (χ4n) is 6.81. The van der Waals surface area contributed by atoms with Gasteiger partial charge in [0.25, 0.3) is 0 Å². The van der Waals surface area contributed by atoms with Gasteiger partial charge in [-0.2, -0.15) is 0 Å². The summed E-state index contributed by atoms with van der Waals surface area (Å²) in [6.07, 6.45) is 0. The molecule has 0 fully saturated rings. The van der Waals surface area contributed by atoms with E-state index in [-0.39, 0.29) is 0 Å². The molecule has 2 nitrogen and oxygen atoms in total. The highest BCUT2D eigenvalue weighted by Crippen LogP contribution is 2.57. The summed E-state index contributed by atoms with van der Waals surface area (Å²) < 4.78 is 1.04. The van der Waals surface area contributed by atoms with E-state index in [1.165, 1.54) is 11.1 Å². The van der Waals surface area contributed by atoms with E-state index in [2.05, 4.69) is 197 Å². The summed E-state index contributed by atoms with van der Waals surface area (Å²) in [4.78, 5) is 7.98. The number of aromatic nitrogens is 1. The fraction of sp³-hybridized carbons (Fsp3) is 0.0238. The molecule has 1 aliphatic heterocycles. The normalized spacial score (nSPS) is 13.1. The van der Waals surface area contributed by atoms with Crippen LogP contribution in [0.15, 0.2) is 180 Å². The van der Waals surface area contributed by atoms with E-state index >= 15 is 0 Å². The second-order valence-corrected chi connectivity index (χ2v) is 12.2. The topological polar surface area (TPSA) is 16.1 Å². The summed E-state index contributed by atoms with van der Waals surface area (Å²) in [5.41, 5.74) is 11.5. The molecule has 7 aromatic rings. The van der Waals surface area contributed by atoms with Crippen molar-refractivity contribution in [3.63, 3.8) is 0 Å². The lowest BCUT2D eigenvalue weighted by molar-refractivity contribution is 0.704. The summed E-state index contributed by atoms with van der Waals surface area (Å²) in [6.45, 7) is 0. The van der Waals surface area contributed by atoms with E-state index < -0.39 is 5.41 Å². The van der Waals surface area contributed by atoms with Crippen molar-refractivity contribution >= 4 is 33.0 Å². The molecular weight excluding hydrogens is 612 g/mol. The van der Waals surface area contributed by atoms with Gasteiger partial charge in [-0.3, -0.25) is 4.98 Å². The van der Waals surface area contributed by atoms with Crippen molar-refractivity contribution in [2.75, 3.05) is 4.90 Å². The third kappa shape index (κ3) is 4.59. The van der Waals surface area contributed by atoms with E-state index in [9.17, 15) is 0 Å². The predicted molar refractivity (Wildman–Crippen MR) is 189 cm³/mol. The van der Waals surface area contributed by atoms with Gasteiger partial charge in [0.2, 0.25) is 0 Å². The molecular formula is C42H29BrN2. The minimum atomic E-state index is -0.701. The molecule has 6 aromatic carbocycles. The molecule has 8 rings (SSSR count). The number of anilines is 3. The van der Waals surface area contributed by atoms with Crippen LogP contribution in [-0.2, 0) is 5.41 Å². The number of fused-ring (bicyclic) bond motifs is 2. The molecule has 0 amide bonds. The number of halogens is 1. The Morgan fingerprint density at radius 3 is 1.58 bits per heavy atom. The van der Waals surface area contributed by atoms with E-state index in [0.717, 1.165) is 55.2 Å². The van der Waals surface area contributed by atoms with Gasteiger partial charge in [-0.1, -0.05) is 143 Å². The SMILES string of the molecule is Brc1ccc(C2(c3cc(-c4ccccc4)cc(-c4ccccc4)n3)c3ccccc3N(c3ccccc3)c3ccccc32)cc1. The molecule has 0 bridgehead atoms. The van der Waals surface area contributed by atoms with E-state index in [4.69, 9.17) is 4.98 Å². The van der Waals surface area contributed by atoms with Crippen LogP contribution in [0.2, 0.25) is 0 Å². The monoisotopic (exact) mass is 640 g/mol. The van der Waals surface area contributed by atoms with Crippen LogP contribution < -0.4 is 4.90 Å². The Morgan fingerprint density at radius 1 is 0.467 bits per heavy atom. The Balaban J connectivity index is 1.52. The number of hydrogen-bond donors (Lipinski definition) is 0. The quantitative estimate of drug-likeness (QED) is 0.186. The molecule has 2 heterocycles. The molecule has 0 unspecified atom stereocenters. The molecule has 3 heteroatoms. The lowest BCUT2D eigenvalue weighted by atomic mass is 9.64. The van der Waals surface area contributed by atoms with Crippen LogP contribution in [0.4, 0.5) is 17.1 Å². The standard InChI is InChI=1S/C42H29BrN2/c43-34-26-24-33(25-27-34)42(41-29-32(30-14-4-1-5-15-30)28-38(44-41)31-16-6-2-7-17-31)36-20-10-12-22-39(36)45(35-18-8-3-9-19-35)40-23-13-11-21-37(40)42/h1-29H. The highest BCUT2D eigenvalue weighted by atomic mass is 79.9. The van der Waals surface area contributed by atoms with Crippen molar-refractivity contribution in [3.8, 4) is 22.4 Å². The molecule has 1 aromatic heterocycles. The van der Waals surface area contributed by atoms with Crippen LogP contribution in [-0.4, -0.2) is 4.98 Å². The largest absolute Gasteiger partial charge is 0.310 e. The lowest BCUT2D eigenvalue weighted by Gasteiger charge is -2.46. The van der Waals surface area contributed by atoms with Crippen LogP contribution in [0.5, 0.6) is 0 Å².